The average molecular weight is 261 g/mol. The number of fused-ring (bicyclic) bond motifs is 1. The molecule has 0 radical (unpaired) electrons. The second-order valence-corrected chi connectivity index (χ2v) is 5.39. The lowest BCUT2D eigenvalue weighted by molar-refractivity contribution is -0.138. The van der Waals surface area contributed by atoms with Crippen molar-refractivity contribution >= 4 is 11.7 Å². The molecule has 0 bridgehead atoms. The SMILES string of the molecule is O=C(O)C1Cc2ccccc2N1CC1CCOCC1. The number of aliphatic carboxylic acids is 1. The third-order valence-electron chi connectivity index (χ3n) is 4.17. The minimum Gasteiger partial charge on any atom is -0.480 e. The van der Waals surface area contributed by atoms with Crippen LogP contribution in [0.25, 0.3) is 0 Å². The Hall–Kier alpha value is -1.55. The number of carbonyl (C=O) groups is 1. The van der Waals surface area contributed by atoms with E-state index in [0.717, 1.165) is 43.9 Å². The van der Waals surface area contributed by atoms with Crippen molar-refractivity contribution in [2.24, 2.45) is 5.92 Å². The zero-order valence-corrected chi connectivity index (χ0v) is 10.9. The Morgan fingerprint density at radius 2 is 2.05 bits per heavy atom. The lowest BCUT2D eigenvalue weighted by Crippen LogP contribution is -2.42. The van der Waals surface area contributed by atoms with E-state index in [0.29, 0.717) is 12.3 Å². The molecule has 3 rings (SSSR count). The molecule has 1 N–H and O–H groups in total. The van der Waals surface area contributed by atoms with Gasteiger partial charge in [0.05, 0.1) is 0 Å². The number of hydrogen-bond acceptors (Lipinski definition) is 3. The summed E-state index contributed by atoms with van der Waals surface area (Å²) in [6.45, 7) is 2.44. The summed E-state index contributed by atoms with van der Waals surface area (Å²) in [4.78, 5) is 13.5. The molecule has 4 heteroatoms. The molecule has 1 fully saturated rings. The maximum Gasteiger partial charge on any atom is 0.326 e. The van der Waals surface area contributed by atoms with Gasteiger partial charge in [0.2, 0.25) is 0 Å². The molecule has 0 aliphatic carbocycles. The zero-order valence-electron chi connectivity index (χ0n) is 10.9. The summed E-state index contributed by atoms with van der Waals surface area (Å²) in [7, 11) is 0. The van der Waals surface area contributed by atoms with Crippen molar-refractivity contribution in [1.29, 1.82) is 0 Å². The molecule has 2 aliphatic heterocycles. The third kappa shape index (κ3) is 2.45. The first-order valence-corrected chi connectivity index (χ1v) is 6.91. The Morgan fingerprint density at radius 1 is 1.32 bits per heavy atom. The number of carboxylic acid groups (broad SMARTS) is 1. The van der Waals surface area contributed by atoms with Gasteiger partial charge in [-0.2, -0.15) is 0 Å². The molecule has 2 aliphatic rings. The number of para-hydroxylation sites is 1. The molecule has 1 aromatic rings. The van der Waals surface area contributed by atoms with Crippen LogP contribution in [0.2, 0.25) is 0 Å². The fourth-order valence-electron chi connectivity index (χ4n) is 3.10. The highest BCUT2D eigenvalue weighted by molar-refractivity contribution is 5.82. The fraction of sp³-hybridized carbons (Fsp3) is 0.533. The van der Waals surface area contributed by atoms with Crippen LogP contribution in [0, 0.1) is 5.92 Å². The number of ether oxygens (including phenoxy) is 1. The van der Waals surface area contributed by atoms with Gasteiger partial charge >= 0.3 is 5.97 Å². The van der Waals surface area contributed by atoms with E-state index in [-0.39, 0.29) is 0 Å². The highest BCUT2D eigenvalue weighted by Crippen LogP contribution is 2.33. The van der Waals surface area contributed by atoms with Gasteiger partial charge in [-0.3, -0.25) is 0 Å². The summed E-state index contributed by atoms with van der Waals surface area (Å²) in [5.74, 6) is -0.176. The van der Waals surface area contributed by atoms with Crippen LogP contribution in [0.3, 0.4) is 0 Å². The summed E-state index contributed by atoms with van der Waals surface area (Å²) in [6, 6.07) is 7.64. The molecule has 0 spiro atoms. The van der Waals surface area contributed by atoms with Crippen molar-refractivity contribution in [3.63, 3.8) is 0 Å². The van der Waals surface area contributed by atoms with Crippen LogP contribution in [-0.4, -0.2) is 36.9 Å². The molecule has 1 saturated heterocycles. The standard InChI is InChI=1S/C15H19NO3/c17-15(18)14-9-12-3-1-2-4-13(12)16(14)10-11-5-7-19-8-6-11/h1-4,11,14H,5-10H2,(H,17,18). The van der Waals surface area contributed by atoms with Gasteiger partial charge in [-0.15, -0.1) is 0 Å². The smallest absolute Gasteiger partial charge is 0.326 e. The molecule has 102 valence electrons. The molecule has 1 unspecified atom stereocenters. The molecule has 0 aromatic heterocycles. The van der Waals surface area contributed by atoms with Gasteiger partial charge in [-0.25, -0.2) is 4.79 Å². The van der Waals surface area contributed by atoms with Crippen LogP contribution in [-0.2, 0) is 16.0 Å². The zero-order chi connectivity index (χ0) is 13.2. The second-order valence-electron chi connectivity index (χ2n) is 5.39. The monoisotopic (exact) mass is 261 g/mol. The van der Waals surface area contributed by atoms with E-state index in [1.807, 2.05) is 24.3 Å². The Kier molecular flexibility index (Phi) is 3.42. The van der Waals surface area contributed by atoms with Gasteiger partial charge < -0.3 is 14.7 Å². The quantitative estimate of drug-likeness (QED) is 0.903. The summed E-state index contributed by atoms with van der Waals surface area (Å²) in [5.41, 5.74) is 2.25. The lowest BCUT2D eigenvalue weighted by atomic mass is 9.99. The molecule has 2 heterocycles. The first-order valence-electron chi connectivity index (χ1n) is 6.91. The number of carboxylic acids is 1. The number of anilines is 1. The van der Waals surface area contributed by atoms with Crippen LogP contribution in [0.1, 0.15) is 18.4 Å². The van der Waals surface area contributed by atoms with Gasteiger partial charge in [0.25, 0.3) is 0 Å². The predicted molar refractivity (Wildman–Crippen MR) is 72.5 cm³/mol. The van der Waals surface area contributed by atoms with Crippen LogP contribution < -0.4 is 4.90 Å². The van der Waals surface area contributed by atoms with Crippen molar-refractivity contribution < 1.29 is 14.6 Å². The maximum absolute atomic E-state index is 11.5. The van der Waals surface area contributed by atoms with Crippen LogP contribution >= 0.6 is 0 Å². The Bertz CT molecular complexity index is 468. The topological polar surface area (TPSA) is 49.8 Å². The van der Waals surface area contributed by atoms with E-state index < -0.39 is 12.0 Å². The largest absolute Gasteiger partial charge is 0.480 e. The first kappa shape index (κ1) is 12.5. The maximum atomic E-state index is 11.5. The normalized spacial score (nSPS) is 23.4. The summed E-state index contributed by atoms with van der Waals surface area (Å²) < 4.78 is 5.37. The van der Waals surface area contributed by atoms with Crippen LogP contribution in [0.15, 0.2) is 24.3 Å². The molecular weight excluding hydrogens is 242 g/mol. The summed E-state index contributed by atoms with van der Waals surface area (Å²) in [6.07, 6.45) is 2.69. The van der Waals surface area contributed by atoms with E-state index in [4.69, 9.17) is 4.74 Å². The van der Waals surface area contributed by atoms with E-state index in [9.17, 15) is 9.90 Å². The van der Waals surface area contributed by atoms with Crippen molar-refractivity contribution in [1.82, 2.24) is 0 Å². The number of benzene rings is 1. The molecule has 4 nitrogen and oxygen atoms in total. The van der Waals surface area contributed by atoms with Gasteiger partial charge in [-0.1, -0.05) is 18.2 Å². The second kappa shape index (κ2) is 5.21. The van der Waals surface area contributed by atoms with Gasteiger partial charge in [-0.05, 0) is 30.4 Å². The van der Waals surface area contributed by atoms with Gasteiger partial charge in [0.1, 0.15) is 6.04 Å². The Morgan fingerprint density at radius 3 is 2.79 bits per heavy atom. The molecule has 1 atom stereocenters. The lowest BCUT2D eigenvalue weighted by Gasteiger charge is -2.31. The van der Waals surface area contributed by atoms with Gasteiger partial charge in [0, 0.05) is 31.9 Å². The van der Waals surface area contributed by atoms with E-state index in [2.05, 4.69) is 4.90 Å². The van der Waals surface area contributed by atoms with Crippen molar-refractivity contribution in [2.75, 3.05) is 24.7 Å². The number of rotatable bonds is 3. The first-order chi connectivity index (χ1) is 9.25. The van der Waals surface area contributed by atoms with Crippen LogP contribution in [0.5, 0.6) is 0 Å². The van der Waals surface area contributed by atoms with E-state index in [1.165, 1.54) is 0 Å². The highest BCUT2D eigenvalue weighted by atomic mass is 16.5. The van der Waals surface area contributed by atoms with Crippen molar-refractivity contribution in [3.05, 3.63) is 29.8 Å². The fourth-order valence-corrected chi connectivity index (χ4v) is 3.10. The van der Waals surface area contributed by atoms with Crippen molar-refractivity contribution in [3.8, 4) is 0 Å². The third-order valence-corrected chi connectivity index (χ3v) is 4.17. The summed E-state index contributed by atoms with van der Waals surface area (Å²) in [5, 5.41) is 9.42. The Labute approximate surface area is 113 Å². The molecule has 1 aromatic carbocycles. The molecule has 19 heavy (non-hydrogen) atoms. The average Bonchev–Trinajstić information content (AvgIpc) is 2.79. The summed E-state index contributed by atoms with van der Waals surface area (Å²) >= 11 is 0. The van der Waals surface area contributed by atoms with E-state index in [1.54, 1.807) is 0 Å². The van der Waals surface area contributed by atoms with Gasteiger partial charge in [0.15, 0.2) is 0 Å². The minimum absolute atomic E-state index is 0.403. The van der Waals surface area contributed by atoms with E-state index >= 15 is 0 Å². The predicted octanol–water partition coefficient (Wildman–Crippen LogP) is 1.93. The van der Waals surface area contributed by atoms with Crippen LogP contribution in [0.4, 0.5) is 5.69 Å². The Balaban J connectivity index is 1.81. The number of hydrogen-bond donors (Lipinski definition) is 1. The highest BCUT2D eigenvalue weighted by Gasteiger charge is 2.35. The minimum atomic E-state index is -0.719. The number of nitrogens with zero attached hydrogens (tertiary/aromatic N) is 1. The van der Waals surface area contributed by atoms with Crippen molar-refractivity contribution in [2.45, 2.75) is 25.3 Å². The molecule has 0 saturated carbocycles. The molecule has 0 amide bonds. The molecular formula is C15H19NO3.